The summed E-state index contributed by atoms with van der Waals surface area (Å²) in [5, 5.41) is 0. The third-order valence-electron chi connectivity index (χ3n) is 4.50. The molecule has 0 aliphatic heterocycles. The van der Waals surface area contributed by atoms with Crippen LogP contribution in [0.1, 0.15) is 85.0 Å². The number of hydrogen-bond donors (Lipinski definition) is 1. The SMILES string of the molecule is CC1CC(OCCCCCCCCCS)CC(C)(C)C1. The van der Waals surface area contributed by atoms with Crippen molar-refractivity contribution in [2.45, 2.75) is 91.1 Å². The van der Waals surface area contributed by atoms with Crippen LogP contribution in [0.3, 0.4) is 0 Å². The second-order valence-corrected chi connectivity index (χ2v) is 8.05. The third-order valence-corrected chi connectivity index (χ3v) is 4.82. The van der Waals surface area contributed by atoms with Crippen molar-refractivity contribution in [1.82, 2.24) is 0 Å². The molecule has 0 aromatic carbocycles. The fourth-order valence-corrected chi connectivity index (χ4v) is 3.96. The highest BCUT2D eigenvalue weighted by molar-refractivity contribution is 7.80. The summed E-state index contributed by atoms with van der Waals surface area (Å²) in [7, 11) is 0. The fraction of sp³-hybridized carbons (Fsp3) is 1.00. The molecule has 1 fully saturated rings. The zero-order valence-electron chi connectivity index (χ0n) is 14.0. The highest BCUT2D eigenvalue weighted by Gasteiger charge is 2.32. The summed E-state index contributed by atoms with van der Waals surface area (Å²) in [6.07, 6.45) is 13.8. The number of ether oxygens (including phenoxy) is 1. The average molecular weight is 301 g/mol. The molecule has 0 heterocycles. The van der Waals surface area contributed by atoms with E-state index < -0.39 is 0 Å². The predicted octanol–water partition coefficient (Wildman–Crippen LogP) is 5.88. The van der Waals surface area contributed by atoms with Crippen LogP contribution in [0.25, 0.3) is 0 Å². The van der Waals surface area contributed by atoms with Crippen LogP contribution in [0.4, 0.5) is 0 Å². The van der Waals surface area contributed by atoms with Gasteiger partial charge in [0.15, 0.2) is 0 Å². The van der Waals surface area contributed by atoms with Crippen LogP contribution in [-0.4, -0.2) is 18.5 Å². The second-order valence-electron chi connectivity index (χ2n) is 7.60. The maximum Gasteiger partial charge on any atom is 0.0582 e. The van der Waals surface area contributed by atoms with Crippen LogP contribution in [0, 0.1) is 11.3 Å². The Morgan fingerprint density at radius 2 is 1.55 bits per heavy atom. The van der Waals surface area contributed by atoms with Crippen LogP contribution in [0.2, 0.25) is 0 Å². The van der Waals surface area contributed by atoms with Crippen LogP contribution in [0.15, 0.2) is 0 Å². The Balaban J connectivity index is 1.96. The Morgan fingerprint density at radius 3 is 2.15 bits per heavy atom. The lowest BCUT2D eigenvalue weighted by molar-refractivity contribution is -0.0240. The molecular formula is C18H36OS. The van der Waals surface area contributed by atoms with E-state index in [1.54, 1.807) is 0 Å². The molecule has 120 valence electrons. The van der Waals surface area contributed by atoms with E-state index in [1.165, 1.54) is 64.2 Å². The first-order valence-electron chi connectivity index (χ1n) is 8.76. The van der Waals surface area contributed by atoms with E-state index in [-0.39, 0.29) is 0 Å². The quantitative estimate of drug-likeness (QED) is 0.391. The molecule has 0 aromatic heterocycles. The normalized spacial score (nSPS) is 25.8. The predicted molar refractivity (Wildman–Crippen MR) is 92.7 cm³/mol. The molecule has 1 rings (SSSR count). The molecule has 2 heteroatoms. The van der Waals surface area contributed by atoms with Gasteiger partial charge in [-0.15, -0.1) is 0 Å². The van der Waals surface area contributed by atoms with Crippen molar-refractivity contribution >= 4 is 12.6 Å². The lowest BCUT2D eigenvalue weighted by atomic mass is 9.71. The van der Waals surface area contributed by atoms with Crippen LogP contribution in [-0.2, 0) is 4.74 Å². The summed E-state index contributed by atoms with van der Waals surface area (Å²) >= 11 is 4.24. The number of rotatable bonds is 10. The van der Waals surface area contributed by atoms with E-state index in [2.05, 4.69) is 33.4 Å². The Morgan fingerprint density at radius 1 is 0.950 bits per heavy atom. The van der Waals surface area contributed by atoms with Gasteiger partial charge in [-0.25, -0.2) is 0 Å². The van der Waals surface area contributed by atoms with E-state index in [0.717, 1.165) is 18.3 Å². The molecule has 1 nitrogen and oxygen atoms in total. The van der Waals surface area contributed by atoms with Gasteiger partial charge in [0.1, 0.15) is 0 Å². The zero-order valence-corrected chi connectivity index (χ0v) is 14.9. The lowest BCUT2D eigenvalue weighted by Crippen LogP contribution is -2.32. The minimum Gasteiger partial charge on any atom is -0.378 e. The highest BCUT2D eigenvalue weighted by atomic mass is 32.1. The first-order chi connectivity index (χ1) is 9.53. The average Bonchev–Trinajstić information content (AvgIpc) is 2.34. The van der Waals surface area contributed by atoms with Gasteiger partial charge in [0, 0.05) is 6.61 Å². The van der Waals surface area contributed by atoms with Gasteiger partial charge < -0.3 is 4.74 Å². The number of thiol groups is 1. The van der Waals surface area contributed by atoms with Crippen molar-refractivity contribution in [1.29, 1.82) is 0 Å². The van der Waals surface area contributed by atoms with Gasteiger partial charge in [-0.05, 0) is 49.2 Å². The minimum atomic E-state index is 0.481. The van der Waals surface area contributed by atoms with E-state index in [0.29, 0.717) is 11.5 Å². The van der Waals surface area contributed by atoms with Crippen molar-refractivity contribution in [3.8, 4) is 0 Å². The van der Waals surface area contributed by atoms with Crippen LogP contribution < -0.4 is 0 Å². The Labute approximate surface area is 132 Å². The lowest BCUT2D eigenvalue weighted by Gasteiger charge is -2.38. The van der Waals surface area contributed by atoms with Crippen molar-refractivity contribution in [2.24, 2.45) is 11.3 Å². The molecule has 0 spiro atoms. The van der Waals surface area contributed by atoms with Crippen molar-refractivity contribution in [3.63, 3.8) is 0 Å². The molecule has 1 aliphatic rings. The number of unbranched alkanes of at least 4 members (excludes halogenated alkanes) is 6. The standard InChI is InChI=1S/C18H36OS/c1-16-13-17(15-18(2,3)14-16)19-11-9-7-5-4-6-8-10-12-20/h16-17,20H,4-15H2,1-3H3. The molecule has 0 saturated heterocycles. The van der Waals surface area contributed by atoms with Gasteiger partial charge in [0.25, 0.3) is 0 Å². The summed E-state index contributed by atoms with van der Waals surface area (Å²) in [6.45, 7) is 8.14. The molecule has 1 saturated carbocycles. The molecule has 2 unspecified atom stereocenters. The Bertz CT molecular complexity index is 240. The van der Waals surface area contributed by atoms with Gasteiger partial charge in [0.05, 0.1) is 6.10 Å². The van der Waals surface area contributed by atoms with Crippen molar-refractivity contribution < 1.29 is 4.74 Å². The van der Waals surface area contributed by atoms with Gasteiger partial charge in [-0.1, -0.05) is 52.9 Å². The first-order valence-corrected chi connectivity index (χ1v) is 9.39. The largest absolute Gasteiger partial charge is 0.378 e. The van der Waals surface area contributed by atoms with Crippen LogP contribution >= 0.6 is 12.6 Å². The zero-order chi connectivity index (χ0) is 14.8. The van der Waals surface area contributed by atoms with E-state index in [1.807, 2.05) is 0 Å². The van der Waals surface area contributed by atoms with Gasteiger partial charge in [-0.2, -0.15) is 12.6 Å². The van der Waals surface area contributed by atoms with Crippen molar-refractivity contribution in [3.05, 3.63) is 0 Å². The highest BCUT2D eigenvalue weighted by Crippen LogP contribution is 2.39. The van der Waals surface area contributed by atoms with Crippen LogP contribution in [0.5, 0.6) is 0 Å². The maximum atomic E-state index is 6.12. The topological polar surface area (TPSA) is 9.23 Å². The Hall–Kier alpha value is 0.310. The monoisotopic (exact) mass is 300 g/mol. The Kier molecular flexibility index (Phi) is 9.28. The maximum absolute atomic E-state index is 6.12. The molecule has 1 aliphatic carbocycles. The molecular weight excluding hydrogens is 264 g/mol. The molecule has 0 radical (unpaired) electrons. The summed E-state index contributed by atoms with van der Waals surface area (Å²) in [5.74, 6) is 1.87. The molecule has 0 bridgehead atoms. The van der Waals surface area contributed by atoms with E-state index >= 15 is 0 Å². The van der Waals surface area contributed by atoms with Gasteiger partial charge >= 0.3 is 0 Å². The minimum absolute atomic E-state index is 0.481. The summed E-state index contributed by atoms with van der Waals surface area (Å²) in [5.41, 5.74) is 0.481. The van der Waals surface area contributed by atoms with Gasteiger partial charge in [-0.3, -0.25) is 0 Å². The van der Waals surface area contributed by atoms with E-state index in [4.69, 9.17) is 4.74 Å². The molecule has 2 atom stereocenters. The summed E-state index contributed by atoms with van der Waals surface area (Å²) in [6, 6.07) is 0. The third kappa shape index (κ3) is 8.56. The molecule has 0 N–H and O–H groups in total. The molecule has 0 amide bonds. The smallest absolute Gasteiger partial charge is 0.0582 e. The first kappa shape index (κ1) is 18.4. The molecule has 20 heavy (non-hydrogen) atoms. The van der Waals surface area contributed by atoms with E-state index in [9.17, 15) is 0 Å². The van der Waals surface area contributed by atoms with Crippen molar-refractivity contribution in [2.75, 3.05) is 12.4 Å². The fourth-order valence-electron chi connectivity index (χ4n) is 3.73. The second kappa shape index (κ2) is 10.1. The summed E-state index contributed by atoms with van der Waals surface area (Å²) in [4.78, 5) is 0. The van der Waals surface area contributed by atoms with Gasteiger partial charge in [0.2, 0.25) is 0 Å². The number of hydrogen-bond acceptors (Lipinski definition) is 2. The summed E-state index contributed by atoms with van der Waals surface area (Å²) < 4.78 is 6.12. The molecule has 0 aromatic rings.